The van der Waals surface area contributed by atoms with E-state index in [-0.39, 0.29) is 5.75 Å². The van der Waals surface area contributed by atoms with Crippen LogP contribution in [0.4, 0.5) is 11.4 Å². The molecule has 1 rings (SSSR count). The molecule has 0 unspecified atom stereocenters. The van der Waals surface area contributed by atoms with E-state index in [1.165, 1.54) is 0 Å². The molecule has 0 aliphatic carbocycles. The number of phenols is 1. The van der Waals surface area contributed by atoms with Gasteiger partial charge in [-0.15, -0.1) is 0 Å². The fraction of sp³-hybridized carbons (Fsp3) is 0.143. The zero-order valence-corrected chi connectivity index (χ0v) is 7.54. The molecular formula is C7H6N2O6. The molecule has 0 saturated carbocycles. The summed E-state index contributed by atoms with van der Waals surface area (Å²) in [5.74, 6) is -0.823. The van der Waals surface area contributed by atoms with E-state index in [0.717, 1.165) is 13.2 Å². The predicted octanol–water partition coefficient (Wildman–Crippen LogP) is 1.22. The lowest BCUT2D eigenvalue weighted by atomic mass is 10.2. The van der Waals surface area contributed by atoms with Gasteiger partial charge in [0, 0.05) is 6.07 Å². The summed E-state index contributed by atoms with van der Waals surface area (Å²) in [7, 11) is 1.12. The van der Waals surface area contributed by atoms with Crippen molar-refractivity contribution in [1.29, 1.82) is 0 Å². The quantitative estimate of drug-likeness (QED) is 0.597. The number of rotatable bonds is 3. The summed E-state index contributed by atoms with van der Waals surface area (Å²) in [5.41, 5.74) is -1.59. The van der Waals surface area contributed by atoms with Crippen LogP contribution in [0.1, 0.15) is 0 Å². The molecule has 0 aromatic heterocycles. The fourth-order valence-electron chi connectivity index (χ4n) is 1.06. The second-order valence-corrected chi connectivity index (χ2v) is 2.53. The minimum atomic E-state index is -0.958. The van der Waals surface area contributed by atoms with Crippen LogP contribution in [-0.2, 0) is 0 Å². The third-order valence-corrected chi connectivity index (χ3v) is 1.64. The molecule has 0 atom stereocenters. The largest absolute Gasteiger partial charge is 0.508 e. The summed E-state index contributed by atoms with van der Waals surface area (Å²) in [5, 5.41) is 30.1. The maximum Gasteiger partial charge on any atom is 0.387 e. The highest BCUT2D eigenvalue weighted by Crippen LogP contribution is 2.39. The van der Waals surface area contributed by atoms with E-state index in [9.17, 15) is 20.2 Å². The highest BCUT2D eigenvalue weighted by Gasteiger charge is 2.30. The molecule has 8 nitrogen and oxygen atoms in total. The number of benzene rings is 1. The topological polar surface area (TPSA) is 116 Å². The van der Waals surface area contributed by atoms with Gasteiger partial charge in [0.05, 0.1) is 23.0 Å². The smallest absolute Gasteiger partial charge is 0.387 e. The van der Waals surface area contributed by atoms with Crippen LogP contribution in [-0.4, -0.2) is 22.1 Å². The van der Waals surface area contributed by atoms with Crippen LogP contribution in [0.25, 0.3) is 0 Å². The lowest BCUT2D eigenvalue weighted by Crippen LogP contribution is -1.99. The summed E-state index contributed by atoms with van der Waals surface area (Å²) in [6.07, 6.45) is 0. The number of nitrogens with zero attached hydrogens (tertiary/aromatic N) is 2. The van der Waals surface area contributed by atoms with Crippen LogP contribution < -0.4 is 4.74 Å². The van der Waals surface area contributed by atoms with Crippen LogP contribution in [0.5, 0.6) is 11.5 Å². The van der Waals surface area contributed by atoms with Crippen molar-refractivity contribution in [2.75, 3.05) is 7.11 Å². The normalized spacial score (nSPS) is 9.67. The van der Waals surface area contributed by atoms with Crippen LogP contribution in [0.2, 0.25) is 0 Å². The van der Waals surface area contributed by atoms with Gasteiger partial charge in [-0.2, -0.15) is 0 Å². The Hall–Kier alpha value is -2.38. The Kier molecular flexibility index (Phi) is 2.70. The molecule has 0 spiro atoms. The monoisotopic (exact) mass is 214 g/mol. The van der Waals surface area contributed by atoms with Crippen molar-refractivity contribution in [3.8, 4) is 11.5 Å². The summed E-state index contributed by atoms with van der Waals surface area (Å²) in [4.78, 5) is 19.1. The van der Waals surface area contributed by atoms with Gasteiger partial charge in [0.25, 0.3) is 0 Å². The fourth-order valence-corrected chi connectivity index (χ4v) is 1.06. The second kappa shape index (κ2) is 3.78. The van der Waals surface area contributed by atoms with Crippen molar-refractivity contribution in [2.45, 2.75) is 0 Å². The summed E-state index contributed by atoms with van der Waals surface area (Å²) >= 11 is 0. The minimum absolute atomic E-state index is 0.355. The Bertz CT molecular complexity index is 430. The van der Waals surface area contributed by atoms with Crippen LogP contribution >= 0.6 is 0 Å². The Balaban J connectivity index is 3.54. The van der Waals surface area contributed by atoms with E-state index >= 15 is 0 Å². The molecule has 0 saturated heterocycles. The van der Waals surface area contributed by atoms with Crippen LogP contribution in [0.3, 0.4) is 0 Å². The zero-order valence-electron chi connectivity index (χ0n) is 7.54. The number of ether oxygens (including phenoxy) is 1. The number of nitro groups is 2. The maximum atomic E-state index is 10.6. The first kappa shape index (κ1) is 10.7. The number of hydrogen-bond acceptors (Lipinski definition) is 6. The highest BCUT2D eigenvalue weighted by molar-refractivity contribution is 5.64. The molecule has 1 aromatic carbocycles. The molecule has 8 heteroatoms. The lowest BCUT2D eigenvalue weighted by molar-refractivity contribution is -0.423. The van der Waals surface area contributed by atoms with E-state index in [0.29, 0.717) is 6.07 Å². The molecule has 0 heterocycles. The molecule has 80 valence electrons. The Morgan fingerprint density at radius 1 is 1.27 bits per heavy atom. The Morgan fingerprint density at radius 2 is 1.87 bits per heavy atom. The summed E-state index contributed by atoms with van der Waals surface area (Å²) in [6, 6.07) is 1.63. The van der Waals surface area contributed by atoms with Gasteiger partial charge in [-0.05, 0) is 0 Å². The van der Waals surface area contributed by atoms with Crippen molar-refractivity contribution in [3.05, 3.63) is 32.4 Å². The number of phenolic OH excluding ortho intramolecular Hbond substituents is 1. The zero-order chi connectivity index (χ0) is 11.6. The van der Waals surface area contributed by atoms with Gasteiger partial charge in [0.1, 0.15) is 5.75 Å². The van der Waals surface area contributed by atoms with Crippen molar-refractivity contribution >= 4 is 11.4 Å². The Morgan fingerprint density at radius 3 is 2.27 bits per heavy atom. The molecule has 0 bridgehead atoms. The van der Waals surface area contributed by atoms with Crippen LogP contribution in [0, 0.1) is 20.2 Å². The van der Waals surface area contributed by atoms with Crippen molar-refractivity contribution in [2.24, 2.45) is 0 Å². The maximum absolute atomic E-state index is 10.6. The number of methoxy groups -OCH3 is 1. The van der Waals surface area contributed by atoms with Gasteiger partial charge in [0.15, 0.2) is 0 Å². The van der Waals surface area contributed by atoms with Crippen molar-refractivity contribution < 1.29 is 19.7 Å². The van der Waals surface area contributed by atoms with Crippen LogP contribution in [0.15, 0.2) is 12.1 Å². The van der Waals surface area contributed by atoms with E-state index in [4.69, 9.17) is 5.11 Å². The standard InChI is InChI=1S/C7H6N2O6/c1-15-6-3-4(10)2-5(8(11)12)7(6)9(13)14/h2-3,10H,1H3. The molecule has 0 aliphatic heterocycles. The third kappa shape index (κ3) is 1.93. The molecule has 0 amide bonds. The van der Waals surface area contributed by atoms with E-state index in [2.05, 4.69) is 4.74 Å². The highest BCUT2D eigenvalue weighted by atomic mass is 16.6. The van der Waals surface area contributed by atoms with Crippen molar-refractivity contribution in [1.82, 2.24) is 0 Å². The molecule has 1 N–H and O–H groups in total. The first-order valence-electron chi connectivity index (χ1n) is 3.67. The van der Waals surface area contributed by atoms with E-state index < -0.39 is 27.0 Å². The average molecular weight is 214 g/mol. The van der Waals surface area contributed by atoms with Gasteiger partial charge in [-0.1, -0.05) is 0 Å². The molecule has 1 aromatic rings. The van der Waals surface area contributed by atoms with Gasteiger partial charge in [-0.25, -0.2) is 0 Å². The lowest BCUT2D eigenvalue weighted by Gasteiger charge is -2.02. The minimum Gasteiger partial charge on any atom is -0.508 e. The average Bonchev–Trinajstić information content (AvgIpc) is 2.15. The SMILES string of the molecule is COc1cc(O)cc([N+](=O)[O-])c1[N+](=O)[O-]. The molecular weight excluding hydrogens is 208 g/mol. The van der Waals surface area contributed by atoms with Gasteiger partial charge >= 0.3 is 11.4 Å². The van der Waals surface area contributed by atoms with E-state index in [1.807, 2.05) is 0 Å². The first-order valence-corrected chi connectivity index (χ1v) is 3.67. The number of hydrogen-bond donors (Lipinski definition) is 1. The first-order chi connectivity index (χ1) is 6.97. The van der Waals surface area contributed by atoms with Gasteiger partial charge in [-0.3, -0.25) is 20.2 Å². The van der Waals surface area contributed by atoms with Crippen molar-refractivity contribution in [3.63, 3.8) is 0 Å². The molecule has 0 fully saturated rings. The Labute approximate surface area is 83.0 Å². The third-order valence-electron chi connectivity index (χ3n) is 1.64. The van der Waals surface area contributed by atoms with Gasteiger partial charge in [0.2, 0.25) is 5.75 Å². The summed E-state index contributed by atoms with van der Waals surface area (Å²) in [6.45, 7) is 0. The van der Waals surface area contributed by atoms with Gasteiger partial charge < -0.3 is 9.84 Å². The van der Waals surface area contributed by atoms with E-state index in [1.54, 1.807) is 0 Å². The molecule has 15 heavy (non-hydrogen) atoms. The molecule has 0 aliphatic rings. The second-order valence-electron chi connectivity index (χ2n) is 2.53. The number of nitro benzene ring substituents is 2. The number of aromatic hydroxyl groups is 1. The summed E-state index contributed by atoms with van der Waals surface area (Å²) < 4.78 is 4.57. The predicted molar refractivity (Wildman–Crippen MR) is 48.0 cm³/mol. The molecule has 0 radical (unpaired) electrons.